The molecule has 1 saturated heterocycles. The average Bonchev–Trinajstić information content (AvgIpc) is 2.63. The molecular formula is C15H19NO2. The van der Waals surface area contributed by atoms with Crippen molar-refractivity contribution in [2.45, 2.75) is 27.0 Å². The van der Waals surface area contributed by atoms with Crippen molar-refractivity contribution in [3.8, 4) is 0 Å². The van der Waals surface area contributed by atoms with Gasteiger partial charge in [0.2, 0.25) is 0 Å². The summed E-state index contributed by atoms with van der Waals surface area (Å²) >= 11 is 0. The minimum atomic E-state index is -0.160. The summed E-state index contributed by atoms with van der Waals surface area (Å²) in [6.45, 7) is 8.13. The van der Waals surface area contributed by atoms with Crippen molar-refractivity contribution < 1.29 is 9.53 Å². The second kappa shape index (κ2) is 3.82. The van der Waals surface area contributed by atoms with E-state index in [1.54, 1.807) is 0 Å². The third kappa shape index (κ3) is 1.65. The summed E-state index contributed by atoms with van der Waals surface area (Å²) in [5.41, 5.74) is 1.99. The van der Waals surface area contributed by atoms with Crippen LogP contribution in [-0.4, -0.2) is 24.0 Å². The molecule has 0 radical (unpaired) electrons. The summed E-state index contributed by atoms with van der Waals surface area (Å²) in [6, 6.07) is 7.77. The van der Waals surface area contributed by atoms with Gasteiger partial charge in [-0.2, -0.15) is 0 Å². The summed E-state index contributed by atoms with van der Waals surface area (Å²) in [7, 11) is 0. The number of hydrogen-bond donors (Lipinski definition) is 0. The maximum absolute atomic E-state index is 12.3. The molecule has 3 nitrogen and oxygen atoms in total. The van der Waals surface area contributed by atoms with Crippen molar-refractivity contribution in [2.75, 3.05) is 13.2 Å². The van der Waals surface area contributed by atoms with Gasteiger partial charge >= 0.3 is 0 Å². The number of fused-ring (bicyclic) bond motifs is 3. The van der Waals surface area contributed by atoms with Gasteiger partial charge in [-0.3, -0.25) is 4.79 Å². The van der Waals surface area contributed by atoms with Gasteiger partial charge in [-0.1, -0.05) is 39.0 Å². The van der Waals surface area contributed by atoms with Crippen LogP contribution < -0.4 is 0 Å². The monoisotopic (exact) mass is 245 g/mol. The number of rotatable bonds is 0. The van der Waals surface area contributed by atoms with Gasteiger partial charge in [0.1, 0.15) is 0 Å². The molecule has 0 aliphatic carbocycles. The fourth-order valence-electron chi connectivity index (χ4n) is 2.72. The number of hydrogen-bond acceptors (Lipinski definition) is 2. The molecule has 0 saturated carbocycles. The van der Waals surface area contributed by atoms with Crippen LogP contribution in [0, 0.1) is 11.3 Å². The molecule has 2 atom stereocenters. The number of carbonyl (C=O) groups excluding carboxylic acids is 1. The molecule has 1 amide bonds. The maximum Gasteiger partial charge on any atom is 0.256 e. The highest BCUT2D eigenvalue weighted by Crippen LogP contribution is 2.41. The zero-order valence-corrected chi connectivity index (χ0v) is 11.1. The number of amides is 1. The van der Waals surface area contributed by atoms with Crippen molar-refractivity contribution in [2.24, 2.45) is 11.3 Å². The lowest BCUT2D eigenvalue weighted by Gasteiger charge is -2.41. The van der Waals surface area contributed by atoms with Crippen LogP contribution in [-0.2, 0) is 4.74 Å². The zero-order chi connectivity index (χ0) is 12.9. The van der Waals surface area contributed by atoms with Gasteiger partial charge in [0, 0.05) is 23.6 Å². The van der Waals surface area contributed by atoms with E-state index in [9.17, 15) is 4.79 Å². The molecule has 0 bridgehead atoms. The summed E-state index contributed by atoms with van der Waals surface area (Å²) in [6.07, 6.45) is -0.160. The Morgan fingerprint density at radius 3 is 2.72 bits per heavy atom. The molecule has 18 heavy (non-hydrogen) atoms. The first-order valence-corrected chi connectivity index (χ1v) is 6.50. The third-order valence-electron chi connectivity index (χ3n) is 4.10. The predicted molar refractivity (Wildman–Crippen MR) is 69.1 cm³/mol. The van der Waals surface area contributed by atoms with Gasteiger partial charge < -0.3 is 9.64 Å². The molecule has 3 heteroatoms. The quantitative estimate of drug-likeness (QED) is 0.703. The first-order valence-electron chi connectivity index (χ1n) is 6.50. The first kappa shape index (κ1) is 11.7. The standard InChI is InChI=1S/C15H19NO2/c1-15(2,3)10-8-16-13(17)11-6-4-5-7-12(11)14(16)18-9-10/h4-7,10,14H,8-9H2,1-3H3. The van der Waals surface area contributed by atoms with Crippen molar-refractivity contribution in [1.29, 1.82) is 0 Å². The van der Waals surface area contributed by atoms with Crippen LogP contribution in [0.2, 0.25) is 0 Å². The second-order valence-corrected chi connectivity index (χ2v) is 6.29. The molecule has 1 aromatic rings. The molecule has 2 unspecified atom stereocenters. The molecule has 2 aliphatic heterocycles. The Morgan fingerprint density at radius 1 is 1.28 bits per heavy atom. The Kier molecular flexibility index (Phi) is 2.49. The van der Waals surface area contributed by atoms with Crippen molar-refractivity contribution >= 4 is 5.91 Å². The number of carbonyl (C=O) groups is 1. The Labute approximate surface area is 108 Å². The van der Waals surface area contributed by atoms with Gasteiger partial charge in [0.25, 0.3) is 5.91 Å². The van der Waals surface area contributed by atoms with E-state index in [0.717, 1.165) is 24.3 Å². The largest absolute Gasteiger partial charge is 0.354 e. The Balaban J connectivity index is 1.91. The molecule has 0 spiro atoms. The van der Waals surface area contributed by atoms with Crippen LogP contribution >= 0.6 is 0 Å². The fourth-order valence-corrected chi connectivity index (χ4v) is 2.72. The van der Waals surface area contributed by atoms with Gasteiger partial charge in [-0.15, -0.1) is 0 Å². The van der Waals surface area contributed by atoms with Crippen LogP contribution in [0.4, 0.5) is 0 Å². The van der Waals surface area contributed by atoms with Gasteiger partial charge in [0.05, 0.1) is 6.61 Å². The fraction of sp³-hybridized carbons (Fsp3) is 0.533. The molecule has 1 aromatic carbocycles. The van der Waals surface area contributed by atoms with Crippen molar-refractivity contribution in [1.82, 2.24) is 4.90 Å². The van der Waals surface area contributed by atoms with Crippen LogP contribution in [0.5, 0.6) is 0 Å². The molecule has 2 heterocycles. The Bertz CT molecular complexity index is 490. The molecule has 3 rings (SSSR count). The highest BCUT2D eigenvalue weighted by atomic mass is 16.5. The van der Waals surface area contributed by atoms with Crippen molar-refractivity contribution in [3.05, 3.63) is 35.4 Å². The van der Waals surface area contributed by atoms with E-state index in [1.165, 1.54) is 0 Å². The van der Waals surface area contributed by atoms with E-state index >= 15 is 0 Å². The van der Waals surface area contributed by atoms with E-state index in [0.29, 0.717) is 5.92 Å². The van der Waals surface area contributed by atoms with Crippen LogP contribution in [0.25, 0.3) is 0 Å². The van der Waals surface area contributed by atoms with Gasteiger partial charge in [0.15, 0.2) is 6.23 Å². The summed E-state index contributed by atoms with van der Waals surface area (Å²) < 4.78 is 5.94. The topological polar surface area (TPSA) is 29.5 Å². The van der Waals surface area contributed by atoms with E-state index in [2.05, 4.69) is 20.8 Å². The van der Waals surface area contributed by atoms with Gasteiger partial charge in [-0.05, 0) is 11.5 Å². The number of ether oxygens (including phenoxy) is 1. The lowest BCUT2D eigenvalue weighted by molar-refractivity contribution is -0.117. The van der Waals surface area contributed by atoms with E-state index in [-0.39, 0.29) is 17.6 Å². The lowest BCUT2D eigenvalue weighted by Crippen LogP contribution is -2.45. The van der Waals surface area contributed by atoms with E-state index in [4.69, 9.17) is 4.74 Å². The number of benzene rings is 1. The minimum Gasteiger partial charge on any atom is -0.354 e. The molecular weight excluding hydrogens is 226 g/mol. The third-order valence-corrected chi connectivity index (χ3v) is 4.10. The van der Waals surface area contributed by atoms with E-state index in [1.807, 2.05) is 29.2 Å². The highest BCUT2D eigenvalue weighted by molar-refractivity contribution is 5.99. The second-order valence-electron chi connectivity index (χ2n) is 6.29. The summed E-state index contributed by atoms with van der Waals surface area (Å²) in [5, 5.41) is 0. The molecule has 1 fully saturated rings. The average molecular weight is 245 g/mol. The Hall–Kier alpha value is -1.35. The van der Waals surface area contributed by atoms with Crippen molar-refractivity contribution in [3.63, 3.8) is 0 Å². The van der Waals surface area contributed by atoms with Crippen LogP contribution in [0.3, 0.4) is 0 Å². The van der Waals surface area contributed by atoms with E-state index < -0.39 is 0 Å². The maximum atomic E-state index is 12.3. The predicted octanol–water partition coefficient (Wildman–Crippen LogP) is 2.83. The molecule has 2 aliphatic rings. The molecule has 96 valence electrons. The lowest BCUT2D eigenvalue weighted by atomic mass is 9.80. The smallest absolute Gasteiger partial charge is 0.256 e. The normalized spacial score (nSPS) is 27.1. The SMILES string of the molecule is CC(C)(C)C1COC2c3ccccc3C(=O)N2C1. The first-order chi connectivity index (χ1) is 8.48. The minimum absolute atomic E-state index is 0.115. The summed E-state index contributed by atoms with van der Waals surface area (Å²) in [4.78, 5) is 14.2. The van der Waals surface area contributed by atoms with Crippen LogP contribution in [0.1, 0.15) is 42.9 Å². The molecule has 0 N–H and O–H groups in total. The number of nitrogens with zero attached hydrogens (tertiary/aromatic N) is 1. The van der Waals surface area contributed by atoms with Gasteiger partial charge in [-0.25, -0.2) is 0 Å². The van der Waals surface area contributed by atoms with Crippen LogP contribution in [0.15, 0.2) is 24.3 Å². The Morgan fingerprint density at radius 2 is 2.00 bits per heavy atom. The highest BCUT2D eigenvalue weighted by Gasteiger charge is 2.43. The summed E-state index contributed by atoms with van der Waals surface area (Å²) in [5.74, 6) is 0.511. The zero-order valence-electron chi connectivity index (χ0n) is 11.1. The molecule has 0 aromatic heterocycles.